The molecule has 1 aromatic heterocycles. The second kappa shape index (κ2) is 9.94. The molecule has 0 fully saturated rings. The van der Waals surface area contributed by atoms with Crippen molar-refractivity contribution in [2.45, 2.75) is 26.8 Å². The van der Waals surface area contributed by atoms with Crippen molar-refractivity contribution < 1.29 is 14.3 Å². The minimum Gasteiger partial charge on any atom is -0.462 e. The first-order valence-corrected chi connectivity index (χ1v) is 10.6. The Hall–Kier alpha value is -3.59. The summed E-state index contributed by atoms with van der Waals surface area (Å²) in [6.07, 6.45) is 0. The number of hydrogen-bond donors (Lipinski definition) is 3. The van der Waals surface area contributed by atoms with Crippen molar-refractivity contribution in [2.24, 2.45) is 10.7 Å². The van der Waals surface area contributed by atoms with Crippen LogP contribution in [0.2, 0.25) is 0 Å². The number of H-pyrrole nitrogens is 1. The van der Waals surface area contributed by atoms with E-state index in [9.17, 15) is 9.59 Å². The van der Waals surface area contributed by atoms with E-state index in [0.29, 0.717) is 34.2 Å². The predicted molar refractivity (Wildman–Crippen MR) is 123 cm³/mol. The van der Waals surface area contributed by atoms with Gasteiger partial charge in [-0.25, -0.2) is 4.79 Å². The van der Waals surface area contributed by atoms with E-state index in [1.54, 1.807) is 43.3 Å². The van der Waals surface area contributed by atoms with Gasteiger partial charge in [0.25, 0.3) is 5.56 Å². The summed E-state index contributed by atoms with van der Waals surface area (Å²) in [6, 6.07) is 14.0. The summed E-state index contributed by atoms with van der Waals surface area (Å²) in [4.78, 5) is 28.3. The molecular weight excluding hydrogens is 416 g/mol. The number of nitrogens with one attached hydrogen (secondary N) is 2. The minimum atomic E-state index is -0.394. The number of aromatic amines is 1. The van der Waals surface area contributed by atoms with Crippen LogP contribution >= 0.6 is 11.5 Å². The van der Waals surface area contributed by atoms with Gasteiger partial charge in [0.05, 0.1) is 12.2 Å². The zero-order chi connectivity index (χ0) is 22.4. The molecule has 2 aromatic carbocycles. The third-order valence-electron chi connectivity index (χ3n) is 4.05. The highest BCUT2D eigenvalue weighted by Crippen LogP contribution is 2.27. The number of nitrogens with zero attached hydrogens (tertiary/aromatic N) is 1. The Morgan fingerprint density at radius 3 is 2.61 bits per heavy atom. The molecule has 1 heterocycles. The van der Waals surface area contributed by atoms with Crippen LogP contribution in [-0.4, -0.2) is 28.8 Å². The summed E-state index contributed by atoms with van der Waals surface area (Å²) < 4.78 is 13.5. The van der Waals surface area contributed by atoms with Crippen molar-refractivity contribution in [1.29, 1.82) is 0 Å². The van der Waals surface area contributed by atoms with Gasteiger partial charge in [0, 0.05) is 11.7 Å². The summed E-state index contributed by atoms with van der Waals surface area (Å²) in [5.41, 5.74) is 7.22. The maximum Gasteiger partial charge on any atom is 0.338 e. The lowest BCUT2D eigenvalue weighted by molar-refractivity contribution is 0.0526. The number of anilines is 2. The Balaban J connectivity index is 1.73. The van der Waals surface area contributed by atoms with Gasteiger partial charge in [-0.2, -0.15) is 0 Å². The van der Waals surface area contributed by atoms with Crippen LogP contribution in [-0.2, 0) is 4.74 Å². The lowest BCUT2D eigenvalue weighted by Crippen LogP contribution is -2.23. The van der Waals surface area contributed by atoms with E-state index in [-0.39, 0.29) is 17.4 Å². The molecule has 3 rings (SSSR count). The van der Waals surface area contributed by atoms with Gasteiger partial charge in [-0.1, -0.05) is 6.07 Å². The Bertz CT molecular complexity index is 1130. The second-order valence-corrected chi connectivity index (χ2v) is 7.66. The van der Waals surface area contributed by atoms with E-state index in [1.807, 2.05) is 26.0 Å². The summed E-state index contributed by atoms with van der Waals surface area (Å²) in [7, 11) is 0. The number of rotatable bonds is 8. The predicted octanol–water partition coefficient (Wildman–Crippen LogP) is 4.26. The number of nitrogens with two attached hydrogens (primary N) is 1. The van der Waals surface area contributed by atoms with Crippen LogP contribution in [0.5, 0.6) is 11.5 Å². The van der Waals surface area contributed by atoms with Crippen LogP contribution in [0.4, 0.5) is 10.7 Å². The lowest BCUT2D eigenvalue weighted by Gasteiger charge is -2.10. The lowest BCUT2D eigenvalue weighted by atomic mass is 10.2. The van der Waals surface area contributed by atoms with Crippen molar-refractivity contribution >= 4 is 34.0 Å². The molecule has 0 saturated carbocycles. The van der Waals surface area contributed by atoms with Gasteiger partial charge in [-0.3, -0.25) is 14.2 Å². The van der Waals surface area contributed by atoms with Gasteiger partial charge < -0.3 is 20.5 Å². The molecule has 0 bridgehead atoms. The molecule has 0 amide bonds. The zero-order valence-corrected chi connectivity index (χ0v) is 18.3. The average molecular weight is 441 g/mol. The van der Waals surface area contributed by atoms with E-state index in [0.717, 1.165) is 17.2 Å². The summed E-state index contributed by atoms with van der Waals surface area (Å²) >= 11 is 1.16. The van der Waals surface area contributed by atoms with Gasteiger partial charge in [-0.15, -0.1) is 0 Å². The normalized spacial score (nSPS) is 11.4. The Labute approximate surface area is 183 Å². The van der Waals surface area contributed by atoms with E-state index < -0.39 is 5.97 Å². The number of aliphatic imine (C=N–C) groups is 1. The summed E-state index contributed by atoms with van der Waals surface area (Å²) in [6.45, 7) is 5.85. The molecule has 0 saturated heterocycles. The highest BCUT2D eigenvalue weighted by Gasteiger charge is 2.15. The number of esters is 1. The molecule has 0 radical (unpaired) electrons. The molecule has 9 heteroatoms. The van der Waals surface area contributed by atoms with Crippen molar-refractivity contribution in [1.82, 2.24) is 4.37 Å². The Morgan fingerprint density at radius 2 is 1.94 bits per heavy atom. The standard InChI is InChI=1S/C22H24N4O4S/c1-4-29-22(28)14-6-5-7-17(12-14)30-16-10-8-15(9-11-16)25-21-18(20(27)26-31-21)19(23)24-13(2)3/h5-13,25H,4H2,1-3H3,(H2,23,24)(H,26,27). The number of ether oxygens (including phenoxy) is 2. The number of hydrogen-bond acceptors (Lipinski definition) is 7. The summed E-state index contributed by atoms with van der Waals surface area (Å²) in [5.74, 6) is 0.917. The van der Waals surface area contributed by atoms with Crippen LogP contribution in [0, 0.1) is 0 Å². The van der Waals surface area contributed by atoms with Crippen molar-refractivity contribution in [3.05, 3.63) is 70.0 Å². The summed E-state index contributed by atoms with van der Waals surface area (Å²) in [5, 5.41) is 3.77. The molecule has 0 aliphatic carbocycles. The topological polar surface area (TPSA) is 119 Å². The smallest absolute Gasteiger partial charge is 0.338 e. The second-order valence-electron chi connectivity index (χ2n) is 6.85. The van der Waals surface area contributed by atoms with Crippen molar-refractivity contribution in [3.63, 3.8) is 0 Å². The molecule has 8 nitrogen and oxygen atoms in total. The SMILES string of the molecule is CCOC(=O)c1cccc(Oc2ccc(Nc3s[nH]c(=O)c3C(N)=NC(C)C)cc2)c1. The molecule has 162 valence electrons. The van der Waals surface area contributed by atoms with Crippen LogP contribution in [0.15, 0.2) is 58.3 Å². The van der Waals surface area contributed by atoms with Gasteiger partial charge in [-0.05, 0) is 74.8 Å². The molecule has 3 aromatic rings. The maximum absolute atomic E-state index is 12.1. The average Bonchev–Trinajstić information content (AvgIpc) is 3.09. The van der Waals surface area contributed by atoms with Gasteiger partial charge >= 0.3 is 5.97 Å². The van der Waals surface area contributed by atoms with Crippen molar-refractivity contribution in [2.75, 3.05) is 11.9 Å². The number of carbonyl (C=O) groups excluding carboxylic acids is 1. The third-order valence-corrected chi connectivity index (χ3v) is 4.84. The first-order valence-electron chi connectivity index (χ1n) is 9.74. The maximum atomic E-state index is 12.1. The molecule has 0 aliphatic heterocycles. The van der Waals surface area contributed by atoms with Crippen molar-refractivity contribution in [3.8, 4) is 11.5 Å². The molecular formula is C22H24N4O4S. The Kier molecular flexibility index (Phi) is 7.09. The van der Waals surface area contributed by atoms with Gasteiger partial charge in [0.15, 0.2) is 0 Å². The zero-order valence-electron chi connectivity index (χ0n) is 17.5. The first-order chi connectivity index (χ1) is 14.9. The third kappa shape index (κ3) is 5.73. The number of amidine groups is 1. The van der Waals surface area contributed by atoms with E-state index >= 15 is 0 Å². The number of aromatic nitrogens is 1. The van der Waals surface area contributed by atoms with E-state index in [2.05, 4.69) is 14.7 Å². The highest BCUT2D eigenvalue weighted by molar-refractivity contribution is 7.10. The van der Waals surface area contributed by atoms with Gasteiger partial charge in [0.2, 0.25) is 0 Å². The van der Waals surface area contributed by atoms with E-state index in [4.69, 9.17) is 15.2 Å². The fourth-order valence-electron chi connectivity index (χ4n) is 2.74. The van der Waals surface area contributed by atoms with E-state index in [1.165, 1.54) is 0 Å². The molecule has 0 atom stereocenters. The highest BCUT2D eigenvalue weighted by atomic mass is 32.1. The molecule has 0 unspecified atom stereocenters. The monoisotopic (exact) mass is 440 g/mol. The van der Waals surface area contributed by atoms with Crippen LogP contribution in [0.25, 0.3) is 0 Å². The molecule has 0 spiro atoms. The fourth-order valence-corrected chi connectivity index (χ4v) is 3.51. The number of carbonyl (C=O) groups is 1. The molecule has 31 heavy (non-hydrogen) atoms. The quantitative estimate of drug-likeness (QED) is 0.274. The van der Waals surface area contributed by atoms with Crippen LogP contribution < -0.4 is 21.3 Å². The fraction of sp³-hybridized carbons (Fsp3) is 0.227. The number of benzene rings is 2. The minimum absolute atomic E-state index is 0.0223. The van der Waals surface area contributed by atoms with Crippen LogP contribution in [0.1, 0.15) is 36.7 Å². The molecule has 4 N–H and O–H groups in total. The van der Waals surface area contributed by atoms with Crippen LogP contribution in [0.3, 0.4) is 0 Å². The Morgan fingerprint density at radius 1 is 1.19 bits per heavy atom. The first kappa shape index (κ1) is 22.1. The largest absolute Gasteiger partial charge is 0.462 e. The van der Waals surface area contributed by atoms with Gasteiger partial charge in [0.1, 0.15) is 27.9 Å². The molecule has 0 aliphatic rings.